The van der Waals surface area contributed by atoms with E-state index in [0.29, 0.717) is 23.7 Å². The molecule has 0 radical (unpaired) electrons. The highest BCUT2D eigenvalue weighted by molar-refractivity contribution is 7.15. The van der Waals surface area contributed by atoms with Crippen LogP contribution in [0, 0.1) is 13.8 Å². The van der Waals surface area contributed by atoms with Gasteiger partial charge in [0, 0.05) is 23.5 Å². The van der Waals surface area contributed by atoms with E-state index in [4.69, 9.17) is 4.74 Å². The van der Waals surface area contributed by atoms with Crippen LogP contribution < -0.4 is 4.74 Å². The Morgan fingerprint density at radius 3 is 2.81 bits per heavy atom. The van der Waals surface area contributed by atoms with E-state index in [9.17, 15) is 4.79 Å². The minimum Gasteiger partial charge on any atom is -0.496 e. The molecule has 0 spiro atoms. The minimum atomic E-state index is -0.0897. The zero-order valence-electron chi connectivity index (χ0n) is 15.5. The summed E-state index contributed by atoms with van der Waals surface area (Å²) in [6.07, 6.45) is 3.22. The molecule has 0 aliphatic heterocycles. The number of methoxy groups -OCH3 is 1. The van der Waals surface area contributed by atoms with Gasteiger partial charge in [0.25, 0.3) is 5.91 Å². The van der Waals surface area contributed by atoms with Crippen LogP contribution in [0.3, 0.4) is 0 Å². The number of benzene rings is 1. The van der Waals surface area contributed by atoms with Crippen LogP contribution in [0.25, 0.3) is 5.00 Å². The molecule has 2 aromatic heterocycles. The van der Waals surface area contributed by atoms with Crippen molar-refractivity contribution in [3.05, 3.63) is 64.8 Å². The first-order chi connectivity index (χ1) is 13.1. The van der Waals surface area contributed by atoms with Gasteiger partial charge in [-0.15, -0.1) is 23.0 Å². The maximum Gasteiger partial charge on any atom is 0.257 e. The number of aromatic nitrogens is 4. The lowest BCUT2D eigenvalue weighted by atomic mass is 10.1. The monoisotopic (exact) mass is 383 g/mol. The molecule has 0 aliphatic rings. The molecule has 8 heteroatoms. The second kappa shape index (κ2) is 8.13. The Kier molecular flexibility index (Phi) is 5.66. The molecule has 1 aromatic carbocycles. The van der Waals surface area contributed by atoms with Gasteiger partial charge in [0.05, 0.1) is 12.7 Å². The normalized spacial score (nSPS) is 10.6. The number of rotatable bonds is 7. The molecule has 2 heterocycles. The van der Waals surface area contributed by atoms with Gasteiger partial charge in [0.15, 0.2) is 0 Å². The quantitative estimate of drug-likeness (QED) is 0.586. The molecular weight excluding hydrogens is 362 g/mol. The van der Waals surface area contributed by atoms with Crippen LogP contribution in [0.4, 0.5) is 0 Å². The summed E-state index contributed by atoms with van der Waals surface area (Å²) in [5, 5.41) is 12.1. The van der Waals surface area contributed by atoms with Crippen molar-refractivity contribution in [1.29, 1.82) is 0 Å². The molecule has 140 valence electrons. The van der Waals surface area contributed by atoms with E-state index in [1.807, 2.05) is 38.1 Å². The first kappa shape index (κ1) is 18.8. The van der Waals surface area contributed by atoms with Crippen molar-refractivity contribution in [3.8, 4) is 10.8 Å². The zero-order valence-corrected chi connectivity index (χ0v) is 16.4. The second-order valence-corrected chi connectivity index (χ2v) is 7.21. The number of thiophene rings is 1. The predicted molar refractivity (Wildman–Crippen MR) is 104 cm³/mol. The number of tetrazole rings is 1. The van der Waals surface area contributed by atoms with Crippen molar-refractivity contribution in [3.63, 3.8) is 0 Å². The molecule has 0 aliphatic carbocycles. The Labute approximate surface area is 161 Å². The highest BCUT2D eigenvalue weighted by atomic mass is 32.1. The van der Waals surface area contributed by atoms with E-state index in [-0.39, 0.29) is 5.91 Å². The maximum absolute atomic E-state index is 13.5. The number of para-hydroxylation sites is 1. The van der Waals surface area contributed by atoms with Gasteiger partial charge < -0.3 is 9.64 Å². The SMILES string of the molecule is C=CCN(Cc1ccccc1OC)C(=O)c1c(-n2cnnn2)sc(C)c1C. The molecule has 0 atom stereocenters. The van der Waals surface area contributed by atoms with Crippen LogP contribution in [0.1, 0.15) is 26.4 Å². The summed E-state index contributed by atoms with van der Waals surface area (Å²) < 4.78 is 6.96. The van der Waals surface area contributed by atoms with Crippen LogP contribution in [-0.2, 0) is 6.54 Å². The van der Waals surface area contributed by atoms with Crippen molar-refractivity contribution < 1.29 is 9.53 Å². The molecular formula is C19H21N5O2S. The third-order valence-electron chi connectivity index (χ3n) is 4.33. The smallest absolute Gasteiger partial charge is 0.257 e. The van der Waals surface area contributed by atoms with Crippen molar-refractivity contribution in [2.24, 2.45) is 0 Å². The minimum absolute atomic E-state index is 0.0897. The maximum atomic E-state index is 13.5. The van der Waals surface area contributed by atoms with Crippen LogP contribution in [0.5, 0.6) is 5.75 Å². The third kappa shape index (κ3) is 3.75. The van der Waals surface area contributed by atoms with Crippen LogP contribution >= 0.6 is 11.3 Å². The van der Waals surface area contributed by atoms with Gasteiger partial charge in [-0.3, -0.25) is 4.79 Å². The molecule has 0 saturated heterocycles. The average molecular weight is 383 g/mol. The van der Waals surface area contributed by atoms with Gasteiger partial charge in [-0.2, -0.15) is 4.68 Å². The molecule has 27 heavy (non-hydrogen) atoms. The van der Waals surface area contributed by atoms with Crippen molar-refractivity contribution in [2.45, 2.75) is 20.4 Å². The van der Waals surface area contributed by atoms with Crippen LogP contribution in [0.15, 0.2) is 43.2 Å². The lowest BCUT2D eigenvalue weighted by Gasteiger charge is -2.23. The van der Waals surface area contributed by atoms with Crippen molar-refractivity contribution in [1.82, 2.24) is 25.1 Å². The lowest BCUT2D eigenvalue weighted by molar-refractivity contribution is 0.0761. The fraction of sp³-hybridized carbons (Fsp3) is 0.263. The number of amides is 1. The molecule has 3 rings (SSSR count). The Morgan fingerprint density at radius 2 is 2.15 bits per heavy atom. The van der Waals surface area contributed by atoms with Gasteiger partial charge in [-0.1, -0.05) is 24.3 Å². The first-order valence-corrected chi connectivity index (χ1v) is 9.23. The predicted octanol–water partition coefficient (Wildman–Crippen LogP) is 3.18. The van der Waals surface area contributed by atoms with E-state index in [1.165, 1.54) is 22.3 Å². The van der Waals surface area contributed by atoms with Crippen molar-refractivity contribution >= 4 is 17.2 Å². The molecule has 1 amide bonds. The Balaban J connectivity index is 2.00. The average Bonchev–Trinajstić information content (AvgIpc) is 3.30. The topological polar surface area (TPSA) is 73.1 Å². The van der Waals surface area contributed by atoms with Crippen LogP contribution in [0.2, 0.25) is 0 Å². The summed E-state index contributed by atoms with van der Waals surface area (Å²) in [6.45, 7) is 8.57. The summed E-state index contributed by atoms with van der Waals surface area (Å²) in [6, 6.07) is 7.68. The lowest BCUT2D eigenvalue weighted by Crippen LogP contribution is -2.31. The van der Waals surface area contributed by atoms with Gasteiger partial charge in [-0.05, 0) is 35.9 Å². The summed E-state index contributed by atoms with van der Waals surface area (Å²) in [5.41, 5.74) is 2.48. The molecule has 0 unspecified atom stereocenters. The number of hydrogen-bond donors (Lipinski definition) is 0. The largest absolute Gasteiger partial charge is 0.496 e. The number of carbonyl (C=O) groups excluding carboxylic acids is 1. The third-order valence-corrected chi connectivity index (χ3v) is 5.53. The molecule has 3 aromatic rings. The van der Waals surface area contributed by atoms with Gasteiger partial charge >= 0.3 is 0 Å². The van der Waals surface area contributed by atoms with E-state index >= 15 is 0 Å². The molecule has 0 N–H and O–H groups in total. The summed E-state index contributed by atoms with van der Waals surface area (Å²) in [5.74, 6) is 0.659. The number of carbonyl (C=O) groups is 1. The van der Waals surface area contributed by atoms with Gasteiger partial charge in [0.2, 0.25) is 0 Å². The summed E-state index contributed by atoms with van der Waals surface area (Å²) in [7, 11) is 1.63. The van der Waals surface area contributed by atoms with E-state index < -0.39 is 0 Å². The van der Waals surface area contributed by atoms with E-state index in [2.05, 4.69) is 22.1 Å². The van der Waals surface area contributed by atoms with Crippen LogP contribution in [-0.4, -0.2) is 44.7 Å². The Morgan fingerprint density at radius 1 is 1.37 bits per heavy atom. The molecule has 7 nitrogen and oxygen atoms in total. The number of ether oxygens (including phenoxy) is 1. The molecule has 0 bridgehead atoms. The fourth-order valence-corrected chi connectivity index (χ4v) is 3.91. The number of nitrogens with zero attached hydrogens (tertiary/aromatic N) is 5. The molecule has 0 fully saturated rings. The number of aryl methyl sites for hydroxylation is 1. The molecule has 0 saturated carbocycles. The van der Waals surface area contributed by atoms with E-state index in [0.717, 1.165) is 21.8 Å². The highest BCUT2D eigenvalue weighted by Crippen LogP contribution is 2.32. The summed E-state index contributed by atoms with van der Waals surface area (Å²) >= 11 is 1.50. The number of hydrogen-bond acceptors (Lipinski definition) is 6. The summed E-state index contributed by atoms with van der Waals surface area (Å²) in [4.78, 5) is 16.2. The fourth-order valence-electron chi connectivity index (χ4n) is 2.85. The second-order valence-electron chi connectivity index (χ2n) is 6.00. The van der Waals surface area contributed by atoms with Gasteiger partial charge in [0.1, 0.15) is 17.1 Å². The first-order valence-electron chi connectivity index (χ1n) is 8.42. The van der Waals surface area contributed by atoms with Crippen molar-refractivity contribution in [2.75, 3.05) is 13.7 Å². The zero-order chi connectivity index (χ0) is 19.4. The Hall–Kier alpha value is -3.00. The Bertz CT molecular complexity index is 949. The van der Waals surface area contributed by atoms with E-state index in [1.54, 1.807) is 18.1 Å². The van der Waals surface area contributed by atoms with Gasteiger partial charge in [-0.25, -0.2) is 0 Å². The standard InChI is InChI=1S/C19H21N5O2S/c1-5-10-23(11-15-8-6-7-9-16(15)26-4)18(25)17-13(2)14(3)27-19(17)24-12-20-21-22-24/h5-9,12H,1,10-11H2,2-4H3. The highest BCUT2D eigenvalue weighted by Gasteiger charge is 2.26.